The van der Waals surface area contributed by atoms with Crippen LogP contribution in [0.5, 0.6) is 0 Å². The second kappa shape index (κ2) is 8.01. The van der Waals surface area contributed by atoms with Crippen LogP contribution < -0.4 is 0 Å². The molecule has 4 aliphatic rings. The van der Waals surface area contributed by atoms with Crippen molar-refractivity contribution in [2.75, 3.05) is 0 Å². The number of fused-ring (bicyclic) bond motifs is 5. The van der Waals surface area contributed by atoms with Crippen molar-refractivity contribution in [3.05, 3.63) is 0 Å². The molecule has 178 valence electrons. The molecule has 0 aromatic carbocycles. The van der Waals surface area contributed by atoms with Crippen molar-refractivity contribution < 1.29 is 20.1 Å². The third-order valence-corrected chi connectivity index (χ3v) is 11.8. The van der Waals surface area contributed by atoms with Gasteiger partial charge in [-0.2, -0.15) is 0 Å². The van der Waals surface area contributed by atoms with Gasteiger partial charge in [0.05, 0.1) is 12.2 Å². The Kier molecular flexibility index (Phi) is 6.08. The van der Waals surface area contributed by atoms with Crippen molar-refractivity contribution in [3.8, 4) is 0 Å². The molecule has 4 nitrogen and oxygen atoms in total. The van der Waals surface area contributed by atoms with Crippen molar-refractivity contribution in [2.24, 2.45) is 51.8 Å². The summed E-state index contributed by atoms with van der Waals surface area (Å²) in [5.74, 6) is 1.99. The highest BCUT2D eigenvalue weighted by atomic mass is 16.4. The highest BCUT2D eigenvalue weighted by Gasteiger charge is 2.68. The Morgan fingerprint density at radius 2 is 1.71 bits per heavy atom. The molecule has 0 spiro atoms. The normalized spacial score (nSPS) is 52.7. The van der Waals surface area contributed by atoms with Crippen LogP contribution >= 0.6 is 0 Å². The molecular formula is C27H46O4. The maximum Gasteiger partial charge on any atom is 0.303 e. The average Bonchev–Trinajstić information content (AvgIpc) is 3.05. The molecule has 3 N–H and O–H groups in total. The second-order valence-corrected chi connectivity index (χ2v) is 12.7. The largest absolute Gasteiger partial charge is 0.481 e. The minimum atomic E-state index is -0.685. The van der Waals surface area contributed by atoms with E-state index < -0.39 is 5.97 Å². The zero-order chi connectivity index (χ0) is 22.8. The summed E-state index contributed by atoms with van der Waals surface area (Å²) in [6.07, 6.45) is 9.07. The maximum atomic E-state index is 11.9. The average molecular weight is 435 g/mol. The van der Waals surface area contributed by atoms with Gasteiger partial charge in [0.1, 0.15) is 0 Å². The lowest BCUT2D eigenvalue weighted by Gasteiger charge is -2.69. The Hall–Kier alpha value is -0.610. The zero-order valence-corrected chi connectivity index (χ0v) is 20.4. The van der Waals surface area contributed by atoms with Crippen LogP contribution in [-0.4, -0.2) is 33.5 Å². The van der Waals surface area contributed by atoms with Crippen molar-refractivity contribution in [2.45, 2.75) is 111 Å². The van der Waals surface area contributed by atoms with E-state index in [9.17, 15) is 20.1 Å². The number of aliphatic hydroxyl groups excluding tert-OH is 2. The molecule has 4 aliphatic carbocycles. The molecule has 4 saturated carbocycles. The van der Waals surface area contributed by atoms with E-state index in [1.807, 2.05) is 0 Å². The number of rotatable bonds is 5. The fourth-order valence-electron chi connectivity index (χ4n) is 10.0. The van der Waals surface area contributed by atoms with E-state index in [1.165, 1.54) is 25.7 Å². The lowest BCUT2D eigenvalue weighted by atomic mass is 9.36. The number of carboxylic acids is 1. The van der Waals surface area contributed by atoms with Crippen LogP contribution in [0.3, 0.4) is 0 Å². The summed E-state index contributed by atoms with van der Waals surface area (Å²) in [6.45, 7) is 11.8. The summed E-state index contributed by atoms with van der Waals surface area (Å²) in [7, 11) is 0. The first-order valence-corrected chi connectivity index (χ1v) is 13.1. The quantitative estimate of drug-likeness (QED) is 0.533. The lowest BCUT2D eigenvalue weighted by molar-refractivity contribution is -0.243. The standard InChI is InChI=1S/C27H46O4/c1-6-18-24(31)23-20-9-8-19(16(2)7-10-22(29)30)25(20,3)13-12-21(23)26(4)14-11-17(28)15-27(18,26)5/h16-21,23-24,28,31H,6-15H2,1-5H3,(H,29,30)/t16?,17-,18+,19-,20?,21?,23+,24-,25-,26-,27+/m1/s1. The molecule has 0 heterocycles. The van der Waals surface area contributed by atoms with E-state index in [4.69, 9.17) is 0 Å². The molecule has 0 aromatic rings. The molecule has 11 atom stereocenters. The molecule has 0 saturated heterocycles. The van der Waals surface area contributed by atoms with Gasteiger partial charge in [-0.3, -0.25) is 4.79 Å². The first-order valence-electron chi connectivity index (χ1n) is 13.1. The van der Waals surface area contributed by atoms with E-state index in [0.29, 0.717) is 29.6 Å². The van der Waals surface area contributed by atoms with Gasteiger partial charge in [-0.15, -0.1) is 0 Å². The molecular weight excluding hydrogens is 388 g/mol. The topological polar surface area (TPSA) is 77.8 Å². The highest BCUT2D eigenvalue weighted by molar-refractivity contribution is 5.66. The Morgan fingerprint density at radius 3 is 2.35 bits per heavy atom. The third kappa shape index (κ3) is 3.33. The van der Waals surface area contributed by atoms with Gasteiger partial charge in [0.2, 0.25) is 0 Å². The fraction of sp³-hybridized carbons (Fsp3) is 0.963. The van der Waals surface area contributed by atoms with Crippen LogP contribution in [-0.2, 0) is 4.79 Å². The van der Waals surface area contributed by atoms with Crippen molar-refractivity contribution in [1.82, 2.24) is 0 Å². The highest BCUT2D eigenvalue weighted by Crippen LogP contribution is 2.72. The summed E-state index contributed by atoms with van der Waals surface area (Å²) in [5, 5.41) is 31.6. The molecule has 0 aliphatic heterocycles. The van der Waals surface area contributed by atoms with E-state index in [2.05, 4.69) is 34.6 Å². The molecule has 0 radical (unpaired) electrons. The van der Waals surface area contributed by atoms with Gasteiger partial charge in [0, 0.05) is 6.42 Å². The Labute approximate surface area is 189 Å². The number of carbonyl (C=O) groups is 1. The summed E-state index contributed by atoms with van der Waals surface area (Å²) >= 11 is 0. The van der Waals surface area contributed by atoms with Crippen LogP contribution in [0.4, 0.5) is 0 Å². The van der Waals surface area contributed by atoms with Crippen LogP contribution in [0.1, 0.15) is 98.8 Å². The van der Waals surface area contributed by atoms with Crippen LogP contribution in [0.15, 0.2) is 0 Å². The van der Waals surface area contributed by atoms with Crippen LogP contribution in [0, 0.1) is 51.8 Å². The van der Waals surface area contributed by atoms with Gasteiger partial charge in [0.15, 0.2) is 0 Å². The number of carboxylic acid groups (broad SMARTS) is 1. The van der Waals surface area contributed by atoms with E-state index in [1.54, 1.807) is 0 Å². The molecule has 4 fully saturated rings. The lowest BCUT2D eigenvalue weighted by Crippen LogP contribution is -2.66. The molecule has 0 aromatic heterocycles. The predicted octanol–water partition coefficient (Wildman–Crippen LogP) is 5.50. The minimum Gasteiger partial charge on any atom is -0.481 e. The van der Waals surface area contributed by atoms with Crippen LogP contribution in [0.25, 0.3) is 0 Å². The molecule has 31 heavy (non-hydrogen) atoms. The third-order valence-electron chi connectivity index (χ3n) is 11.8. The summed E-state index contributed by atoms with van der Waals surface area (Å²) in [6, 6.07) is 0. The summed E-state index contributed by atoms with van der Waals surface area (Å²) in [5.41, 5.74) is 0.405. The number of aliphatic carboxylic acids is 1. The zero-order valence-electron chi connectivity index (χ0n) is 20.4. The van der Waals surface area contributed by atoms with Crippen molar-refractivity contribution in [1.29, 1.82) is 0 Å². The van der Waals surface area contributed by atoms with Crippen LogP contribution in [0.2, 0.25) is 0 Å². The molecule has 3 unspecified atom stereocenters. The van der Waals surface area contributed by atoms with Gasteiger partial charge in [-0.1, -0.05) is 41.0 Å². The molecule has 4 heteroatoms. The van der Waals surface area contributed by atoms with Gasteiger partial charge in [-0.25, -0.2) is 0 Å². The van der Waals surface area contributed by atoms with Gasteiger partial charge >= 0.3 is 5.97 Å². The van der Waals surface area contributed by atoms with E-state index in [-0.39, 0.29) is 40.8 Å². The van der Waals surface area contributed by atoms with Crippen molar-refractivity contribution >= 4 is 5.97 Å². The molecule has 0 amide bonds. The first kappa shape index (κ1) is 23.5. The summed E-state index contributed by atoms with van der Waals surface area (Å²) in [4.78, 5) is 11.2. The minimum absolute atomic E-state index is 0.000522. The maximum absolute atomic E-state index is 11.9. The Balaban J connectivity index is 1.65. The monoisotopic (exact) mass is 434 g/mol. The predicted molar refractivity (Wildman–Crippen MR) is 122 cm³/mol. The van der Waals surface area contributed by atoms with Gasteiger partial charge in [0.25, 0.3) is 0 Å². The number of hydrogen-bond donors (Lipinski definition) is 3. The Bertz CT molecular complexity index is 693. The Morgan fingerprint density at radius 1 is 1.00 bits per heavy atom. The fourth-order valence-corrected chi connectivity index (χ4v) is 10.0. The second-order valence-electron chi connectivity index (χ2n) is 12.7. The number of aliphatic hydroxyl groups is 2. The molecule has 4 rings (SSSR count). The molecule has 0 bridgehead atoms. The first-order chi connectivity index (χ1) is 14.5. The smallest absolute Gasteiger partial charge is 0.303 e. The van der Waals surface area contributed by atoms with E-state index >= 15 is 0 Å². The van der Waals surface area contributed by atoms with E-state index in [0.717, 1.165) is 32.1 Å². The summed E-state index contributed by atoms with van der Waals surface area (Å²) < 4.78 is 0. The van der Waals surface area contributed by atoms with Crippen molar-refractivity contribution in [3.63, 3.8) is 0 Å². The van der Waals surface area contributed by atoms with Gasteiger partial charge in [-0.05, 0) is 103 Å². The number of hydrogen-bond acceptors (Lipinski definition) is 3. The SMILES string of the molecule is CC[C@H]1[C@@H](O)[C@H]2C3CC[C@H](C(C)CCC(=O)O)[C@@]3(C)CCC2[C@@]2(C)CC[C@@H](O)C[C@@]12C. The van der Waals surface area contributed by atoms with Gasteiger partial charge < -0.3 is 15.3 Å².